The molecule has 10 heteroatoms. The van der Waals surface area contributed by atoms with Crippen LogP contribution in [0.2, 0.25) is 10.0 Å². The van der Waals surface area contributed by atoms with Crippen molar-refractivity contribution in [3.63, 3.8) is 0 Å². The number of nitriles is 1. The Bertz CT molecular complexity index is 970. The number of carbonyl (C=O) groups is 1. The van der Waals surface area contributed by atoms with Crippen LogP contribution < -0.4 is 15.4 Å². The summed E-state index contributed by atoms with van der Waals surface area (Å²) in [6.45, 7) is 0. The van der Waals surface area contributed by atoms with Crippen LogP contribution in [0.5, 0.6) is 5.75 Å². The van der Waals surface area contributed by atoms with E-state index in [4.69, 9.17) is 33.2 Å². The summed E-state index contributed by atoms with van der Waals surface area (Å²) in [5.74, 6) is -0.446. The molecule has 2 aromatic carbocycles. The van der Waals surface area contributed by atoms with E-state index >= 15 is 0 Å². The zero-order valence-electron chi connectivity index (χ0n) is 14.2. The highest BCUT2D eigenvalue weighted by atomic mass is 35.5. The normalized spacial score (nSPS) is 11.5. The number of hydrogen-bond acceptors (Lipinski definition) is 4. The Morgan fingerprint density at radius 1 is 1.21 bits per heavy atom. The van der Waals surface area contributed by atoms with Crippen LogP contribution in [0.4, 0.5) is 24.5 Å². The number of nitrogens with one attached hydrogen (secondary N) is 2. The van der Waals surface area contributed by atoms with Gasteiger partial charge in [-0.3, -0.25) is 4.79 Å². The number of ether oxygens (including phenoxy) is 1. The lowest BCUT2D eigenvalue weighted by molar-refractivity contribution is -0.136. The van der Waals surface area contributed by atoms with E-state index in [2.05, 4.69) is 10.6 Å². The summed E-state index contributed by atoms with van der Waals surface area (Å²) < 4.78 is 44.3. The van der Waals surface area contributed by atoms with Gasteiger partial charge in [-0.1, -0.05) is 23.2 Å². The van der Waals surface area contributed by atoms with E-state index < -0.39 is 23.2 Å². The second-order valence-electron chi connectivity index (χ2n) is 5.31. The molecule has 0 fully saturated rings. The molecule has 0 aliphatic carbocycles. The van der Waals surface area contributed by atoms with Crippen molar-refractivity contribution >= 4 is 40.5 Å². The van der Waals surface area contributed by atoms with E-state index in [1.807, 2.05) is 0 Å². The number of benzene rings is 2. The molecule has 0 aromatic heterocycles. The van der Waals surface area contributed by atoms with Gasteiger partial charge in [0.25, 0.3) is 5.91 Å². The van der Waals surface area contributed by atoms with Gasteiger partial charge in [0.1, 0.15) is 17.4 Å². The quantitative estimate of drug-likeness (QED) is 0.487. The molecule has 1 amide bonds. The van der Waals surface area contributed by atoms with Gasteiger partial charge in [-0.05, 0) is 36.4 Å². The highest BCUT2D eigenvalue weighted by Crippen LogP contribution is 2.36. The monoisotopic (exact) mass is 429 g/mol. The molecule has 0 saturated carbocycles. The highest BCUT2D eigenvalue weighted by Gasteiger charge is 2.33. The molecule has 2 N–H and O–H groups in total. The van der Waals surface area contributed by atoms with Crippen LogP contribution in [-0.4, -0.2) is 13.0 Å². The summed E-state index contributed by atoms with van der Waals surface area (Å²) in [6.07, 6.45) is -3.80. The summed E-state index contributed by atoms with van der Waals surface area (Å²) in [5.41, 5.74) is -1.56. The molecule has 0 radical (unpaired) electrons. The Hall–Kier alpha value is -2.89. The topological polar surface area (TPSA) is 74.1 Å². The number of carbonyl (C=O) groups excluding carboxylic acids is 1. The number of nitrogens with zero attached hydrogens (tertiary/aromatic N) is 1. The van der Waals surface area contributed by atoms with Gasteiger partial charge in [-0.25, -0.2) is 0 Å². The first-order valence-electron chi connectivity index (χ1n) is 7.54. The fourth-order valence-corrected chi connectivity index (χ4v) is 2.55. The van der Waals surface area contributed by atoms with Gasteiger partial charge >= 0.3 is 6.18 Å². The molecular formula is C18H12Cl2F3N3O2. The van der Waals surface area contributed by atoms with Gasteiger partial charge in [0.15, 0.2) is 0 Å². The van der Waals surface area contributed by atoms with Crippen molar-refractivity contribution in [2.45, 2.75) is 6.18 Å². The van der Waals surface area contributed by atoms with Crippen molar-refractivity contribution in [3.05, 3.63) is 63.8 Å². The molecule has 0 aliphatic rings. The van der Waals surface area contributed by atoms with E-state index in [1.54, 1.807) is 6.07 Å². The standard InChI is InChI=1S/C18H12Cl2F3N3O2/c1-28-16-5-3-12(7-14(16)20)26-17(27)10(8-24)9-25-15-4-2-11(19)6-13(15)18(21,22)23/h2-7,9,25H,1H3,(H,26,27)/b10-9-. The second-order valence-corrected chi connectivity index (χ2v) is 6.15. The number of halogens is 5. The minimum atomic E-state index is -4.67. The van der Waals surface area contributed by atoms with E-state index in [1.165, 1.54) is 31.4 Å². The fourth-order valence-electron chi connectivity index (χ4n) is 2.12. The van der Waals surface area contributed by atoms with E-state index in [0.717, 1.165) is 18.3 Å². The molecule has 0 saturated heterocycles. The molecule has 2 aromatic rings. The average Bonchev–Trinajstić information content (AvgIpc) is 2.62. The third kappa shape index (κ3) is 5.31. The van der Waals surface area contributed by atoms with Crippen LogP contribution >= 0.6 is 23.2 Å². The van der Waals surface area contributed by atoms with Crippen LogP contribution in [0.15, 0.2) is 48.2 Å². The fraction of sp³-hybridized carbons (Fsp3) is 0.111. The minimum absolute atomic E-state index is 0.100. The number of rotatable bonds is 5. The van der Waals surface area contributed by atoms with Crippen molar-refractivity contribution in [1.29, 1.82) is 5.26 Å². The SMILES string of the molecule is COc1ccc(NC(=O)/C(C#N)=C\Nc2ccc(Cl)cc2C(F)(F)F)cc1Cl. The molecule has 0 heterocycles. The molecule has 0 aliphatic heterocycles. The van der Waals surface area contributed by atoms with Crippen molar-refractivity contribution in [1.82, 2.24) is 0 Å². The number of hydrogen-bond donors (Lipinski definition) is 2. The summed E-state index contributed by atoms with van der Waals surface area (Å²) in [5, 5.41) is 14.0. The predicted octanol–water partition coefficient (Wildman–Crippen LogP) is 5.48. The van der Waals surface area contributed by atoms with Gasteiger partial charge < -0.3 is 15.4 Å². The van der Waals surface area contributed by atoms with Gasteiger partial charge in [0, 0.05) is 16.9 Å². The van der Waals surface area contributed by atoms with E-state index in [0.29, 0.717) is 5.75 Å². The molecule has 2 rings (SSSR count). The maximum absolute atomic E-state index is 13.1. The Morgan fingerprint density at radius 3 is 2.50 bits per heavy atom. The molecule has 0 atom stereocenters. The van der Waals surface area contributed by atoms with Crippen LogP contribution in [0.3, 0.4) is 0 Å². The molecule has 0 spiro atoms. The zero-order valence-corrected chi connectivity index (χ0v) is 15.7. The Balaban J connectivity index is 2.22. The number of anilines is 2. The van der Waals surface area contributed by atoms with E-state index in [-0.39, 0.29) is 21.4 Å². The van der Waals surface area contributed by atoms with Gasteiger partial charge in [-0.2, -0.15) is 18.4 Å². The largest absolute Gasteiger partial charge is 0.495 e. The van der Waals surface area contributed by atoms with Gasteiger partial charge in [-0.15, -0.1) is 0 Å². The summed E-state index contributed by atoms with van der Waals surface area (Å²) >= 11 is 11.6. The smallest absolute Gasteiger partial charge is 0.418 e. The van der Waals surface area contributed by atoms with E-state index in [9.17, 15) is 18.0 Å². The van der Waals surface area contributed by atoms with Crippen molar-refractivity contribution in [2.24, 2.45) is 0 Å². The van der Waals surface area contributed by atoms with Crippen LogP contribution in [0.25, 0.3) is 0 Å². The van der Waals surface area contributed by atoms with Gasteiger partial charge in [0.05, 0.1) is 23.4 Å². The first-order chi connectivity index (χ1) is 13.2. The molecular weight excluding hydrogens is 418 g/mol. The van der Waals surface area contributed by atoms with Crippen molar-refractivity contribution in [3.8, 4) is 11.8 Å². The summed E-state index contributed by atoms with van der Waals surface area (Å²) in [7, 11) is 1.42. The lowest BCUT2D eigenvalue weighted by Gasteiger charge is -2.13. The first kappa shape index (κ1) is 21.4. The van der Waals surface area contributed by atoms with Crippen LogP contribution in [0, 0.1) is 11.3 Å². The Kier molecular flexibility index (Phi) is 6.78. The third-order valence-electron chi connectivity index (χ3n) is 3.43. The first-order valence-corrected chi connectivity index (χ1v) is 8.29. The number of amides is 1. The average molecular weight is 430 g/mol. The Morgan fingerprint density at radius 2 is 1.93 bits per heavy atom. The summed E-state index contributed by atoms with van der Waals surface area (Å²) in [6, 6.07) is 9.11. The van der Waals surface area contributed by atoms with Crippen LogP contribution in [-0.2, 0) is 11.0 Å². The van der Waals surface area contributed by atoms with Gasteiger partial charge in [0.2, 0.25) is 0 Å². The Labute approximate surface area is 168 Å². The van der Waals surface area contributed by atoms with Crippen LogP contribution in [0.1, 0.15) is 5.56 Å². The molecule has 5 nitrogen and oxygen atoms in total. The molecule has 146 valence electrons. The molecule has 0 unspecified atom stereocenters. The highest BCUT2D eigenvalue weighted by molar-refractivity contribution is 6.32. The summed E-state index contributed by atoms with van der Waals surface area (Å²) in [4.78, 5) is 12.2. The number of methoxy groups -OCH3 is 1. The lowest BCUT2D eigenvalue weighted by atomic mass is 10.1. The van der Waals surface area contributed by atoms with Crippen molar-refractivity contribution < 1.29 is 22.7 Å². The zero-order chi connectivity index (χ0) is 20.9. The number of alkyl halides is 3. The third-order valence-corrected chi connectivity index (χ3v) is 3.96. The van der Waals surface area contributed by atoms with Crippen molar-refractivity contribution in [2.75, 3.05) is 17.7 Å². The second kappa shape index (κ2) is 8.87. The minimum Gasteiger partial charge on any atom is -0.495 e. The molecule has 0 bridgehead atoms. The molecule has 28 heavy (non-hydrogen) atoms. The lowest BCUT2D eigenvalue weighted by Crippen LogP contribution is -2.15. The maximum Gasteiger partial charge on any atom is 0.418 e. The predicted molar refractivity (Wildman–Crippen MR) is 100 cm³/mol. The maximum atomic E-state index is 13.1.